The van der Waals surface area contributed by atoms with Crippen molar-refractivity contribution < 1.29 is 4.79 Å². The van der Waals surface area contributed by atoms with Gasteiger partial charge in [-0.1, -0.05) is 13.8 Å². The second-order valence-corrected chi connectivity index (χ2v) is 5.79. The predicted molar refractivity (Wildman–Crippen MR) is 61.9 cm³/mol. The first-order chi connectivity index (χ1) is 6.99. The summed E-state index contributed by atoms with van der Waals surface area (Å²) in [6.45, 7) is 5.36. The van der Waals surface area contributed by atoms with Gasteiger partial charge in [-0.3, -0.25) is 4.79 Å². The van der Waals surface area contributed by atoms with Gasteiger partial charge < -0.3 is 11.1 Å². The highest BCUT2D eigenvalue weighted by molar-refractivity contribution is 7.10. The molecule has 1 fully saturated rings. The molecule has 3 nitrogen and oxygen atoms in total. The van der Waals surface area contributed by atoms with E-state index >= 15 is 0 Å². The molecule has 1 aromatic heterocycles. The zero-order chi connectivity index (χ0) is 11.1. The van der Waals surface area contributed by atoms with Gasteiger partial charge in [-0.05, 0) is 17.9 Å². The molecule has 1 aliphatic carbocycles. The fraction of sp³-hybridized carbons (Fsp3) is 0.545. The van der Waals surface area contributed by atoms with Gasteiger partial charge in [0.15, 0.2) is 0 Å². The van der Waals surface area contributed by atoms with Crippen molar-refractivity contribution in [1.29, 1.82) is 0 Å². The SMILES string of the molecule is CC1(C)CC1NCc1cc(C(N)=O)cs1. The molecule has 1 amide bonds. The van der Waals surface area contributed by atoms with E-state index in [1.54, 1.807) is 11.3 Å². The van der Waals surface area contributed by atoms with Crippen LogP contribution in [0.4, 0.5) is 0 Å². The van der Waals surface area contributed by atoms with Crippen molar-refractivity contribution >= 4 is 17.2 Å². The maximum Gasteiger partial charge on any atom is 0.249 e. The van der Waals surface area contributed by atoms with Crippen LogP contribution in [0.1, 0.15) is 35.5 Å². The van der Waals surface area contributed by atoms with Crippen molar-refractivity contribution in [3.05, 3.63) is 21.9 Å². The third kappa shape index (κ3) is 2.38. The molecule has 15 heavy (non-hydrogen) atoms. The molecule has 1 atom stereocenters. The lowest BCUT2D eigenvalue weighted by molar-refractivity contribution is 0.100. The maximum atomic E-state index is 10.9. The van der Waals surface area contributed by atoms with Crippen molar-refractivity contribution in [1.82, 2.24) is 5.32 Å². The van der Waals surface area contributed by atoms with Gasteiger partial charge in [-0.2, -0.15) is 0 Å². The van der Waals surface area contributed by atoms with E-state index in [0.29, 0.717) is 17.0 Å². The number of amides is 1. The zero-order valence-electron chi connectivity index (χ0n) is 9.04. The zero-order valence-corrected chi connectivity index (χ0v) is 9.86. The van der Waals surface area contributed by atoms with Gasteiger partial charge >= 0.3 is 0 Å². The van der Waals surface area contributed by atoms with Crippen molar-refractivity contribution in [2.24, 2.45) is 11.1 Å². The summed E-state index contributed by atoms with van der Waals surface area (Å²) in [5, 5.41) is 5.29. The van der Waals surface area contributed by atoms with Crippen LogP contribution in [0.25, 0.3) is 0 Å². The second kappa shape index (κ2) is 3.61. The fourth-order valence-corrected chi connectivity index (χ4v) is 2.47. The molecule has 1 aromatic rings. The number of nitrogens with one attached hydrogen (secondary N) is 1. The minimum atomic E-state index is -0.343. The highest BCUT2D eigenvalue weighted by Crippen LogP contribution is 2.44. The number of nitrogens with two attached hydrogens (primary N) is 1. The van der Waals surface area contributed by atoms with E-state index in [4.69, 9.17) is 5.73 Å². The van der Waals surface area contributed by atoms with Gasteiger partial charge in [0.2, 0.25) is 5.91 Å². The Morgan fingerprint density at radius 1 is 1.73 bits per heavy atom. The van der Waals surface area contributed by atoms with Gasteiger partial charge in [0.25, 0.3) is 0 Å². The Morgan fingerprint density at radius 2 is 2.40 bits per heavy atom. The lowest BCUT2D eigenvalue weighted by Gasteiger charge is -2.04. The summed E-state index contributed by atoms with van der Waals surface area (Å²) in [6, 6.07) is 2.49. The molecule has 1 aliphatic rings. The number of primary amides is 1. The van der Waals surface area contributed by atoms with E-state index in [0.717, 1.165) is 6.54 Å². The third-order valence-electron chi connectivity index (χ3n) is 2.97. The standard InChI is InChI=1S/C11H16N2OS/c1-11(2)4-9(11)13-5-8-3-7(6-15-8)10(12)14/h3,6,9,13H,4-5H2,1-2H3,(H2,12,14). The molecule has 0 aliphatic heterocycles. The lowest BCUT2D eigenvalue weighted by atomic mass is 10.2. The minimum absolute atomic E-state index is 0.343. The molecule has 1 heterocycles. The van der Waals surface area contributed by atoms with Crippen molar-refractivity contribution in [2.45, 2.75) is 32.9 Å². The topological polar surface area (TPSA) is 55.1 Å². The van der Waals surface area contributed by atoms with E-state index in [2.05, 4.69) is 19.2 Å². The third-order valence-corrected chi connectivity index (χ3v) is 3.91. The number of hydrogen-bond acceptors (Lipinski definition) is 3. The van der Waals surface area contributed by atoms with Crippen LogP contribution in [0.2, 0.25) is 0 Å². The highest BCUT2D eigenvalue weighted by Gasteiger charge is 2.44. The Hall–Kier alpha value is -0.870. The van der Waals surface area contributed by atoms with Gasteiger partial charge in [-0.25, -0.2) is 0 Å². The normalized spacial score (nSPS) is 22.7. The highest BCUT2D eigenvalue weighted by atomic mass is 32.1. The molecular formula is C11H16N2OS. The molecule has 0 aromatic carbocycles. The number of thiophene rings is 1. The lowest BCUT2D eigenvalue weighted by Crippen LogP contribution is -2.19. The van der Waals surface area contributed by atoms with Crippen LogP contribution in [0, 0.1) is 5.41 Å². The van der Waals surface area contributed by atoms with E-state index in [1.807, 2.05) is 11.4 Å². The first-order valence-corrected chi connectivity index (χ1v) is 5.97. The Morgan fingerprint density at radius 3 is 2.87 bits per heavy atom. The Balaban J connectivity index is 1.86. The Labute approximate surface area is 93.7 Å². The number of carbonyl (C=O) groups is 1. The summed E-state index contributed by atoms with van der Waals surface area (Å²) in [4.78, 5) is 12.0. The summed E-state index contributed by atoms with van der Waals surface area (Å²) in [5.74, 6) is -0.343. The van der Waals surface area contributed by atoms with Crippen molar-refractivity contribution in [3.63, 3.8) is 0 Å². The molecule has 3 N–H and O–H groups in total. The van der Waals surface area contributed by atoms with Crippen LogP contribution in [0.5, 0.6) is 0 Å². The molecule has 1 unspecified atom stereocenters. The first-order valence-electron chi connectivity index (χ1n) is 5.09. The molecule has 0 bridgehead atoms. The first kappa shape index (κ1) is 10.6. The van der Waals surface area contributed by atoms with Crippen molar-refractivity contribution in [2.75, 3.05) is 0 Å². The van der Waals surface area contributed by atoms with Crippen molar-refractivity contribution in [3.8, 4) is 0 Å². The summed E-state index contributed by atoms with van der Waals surface area (Å²) in [5.41, 5.74) is 6.25. The molecule has 0 spiro atoms. The molecule has 1 saturated carbocycles. The molecular weight excluding hydrogens is 208 g/mol. The summed E-state index contributed by atoms with van der Waals surface area (Å²) in [7, 11) is 0. The van der Waals surface area contributed by atoms with Crippen LogP contribution in [-0.2, 0) is 6.54 Å². The summed E-state index contributed by atoms with van der Waals surface area (Å²) >= 11 is 1.58. The monoisotopic (exact) mass is 224 g/mol. The number of carbonyl (C=O) groups excluding carboxylic acids is 1. The Kier molecular flexibility index (Phi) is 2.56. The minimum Gasteiger partial charge on any atom is -0.366 e. The van der Waals surface area contributed by atoms with Gasteiger partial charge in [0.1, 0.15) is 0 Å². The molecule has 2 rings (SSSR count). The number of hydrogen-bond donors (Lipinski definition) is 2. The second-order valence-electron chi connectivity index (χ2n) is 4.79. The molecule has 0 radical (unpaired) electrons. The molecule has 4 heteroatoms. The molecule has 82 valence electrons. The van der Waals surface area contributed by atoms with Crippen LogP contribution in [0.15, 0.2) is 11.4 Å². The Bertz CT molecular complexity index is 384. The summed E-state index contributed by atoms with van der Waals surface area (Å²) in [6.07, 6.45) is 1.24. The van der Waals surface area contributed by atoms with Gasteiger partial charge in [0, 0.05) is 22.8 Å². The predicted octanol–water partition coefficient (Wildman–Crippen LogP) is 1.74. The smallest absolute Gasteiger partial charge is 0.249 e. The maximum absolute atomic E-state index is 10.9. The van der Waals surface area contributed by atoms with E-state index in [9.17, 15) is 4.79 Å². The van der Waals surface area contributed by atoms with Crippen LogP contribution >= 0.6 is 11.3 Å². The quantitative estimate of drug-likeness (QED) is 0.818. The van der Waals surface area contributed by atoms with Gasteiger partial charge in [-0.15, -0.1) is 11.3 Å². The van der Waals surface area contributed by atoms with E-state index < -0.39 is 0 Å². The van der Waals surface area contributed by atoms with Crippen LogP contribution < -0.4 is 11.1 Å². The largest absolute Gasteiger partial charge is 0.366 e. The van der Waals surface area contributed by atoms with Crippen LogP contribution in [0.3, 0.4) is 0 Å². The average Bonchev–Trinajstić information content (AvgIpc) is 2.63. The van der Waals surface area contributed by atoms with E-state index in [-0.39, 0.29) is 5.91 Å². The summed E-state index contributed by atoms with van der Waals surface area (Å²) < 4.78 is 0. The van der Waals surface area contributed by atoms with Crippen LogP contribution in [-0.4, -0.2) is 11.9 Å². The fourth-order valence-electron chi connectivity index (χ4n) is 1.64. The number of rotatable bonds is 4. The molecule has 0 saturated heterocycles. The average molecular weight is 224 g/mol. The van der Waals surface area contributed by atoms with Gasteiger partial charge in [0.05, 0.1) is 5.56 Å². The van der Waals surface area contributed by atoms with E-state index in [1.165, 1.54) is 11.3 Å².